The molecule has 2 atom stereocenters. The lowest BCUT2D eigenvalue weighted by molar-refractivity contribution is -0.163. The van der Waals surface area contributed by atoms with Crippen molar-refractivity contribution in [1.29, 1.82) is 0 Å². The molecule has 0 aromatic carbocycles. The molecule has 2 unspecified atom stereocenters. The first-order valence-electron chi connectivity index (χ1n) is 5.94. The molecule has 100 valence electrons. The lowest BCUT2D eigenvalue weighted by atomic mass is 10.0. The van der Waals surface area contributed by atoms with Crippen molar-refractivity contribution in [2.75, 3.05) is 19.6 Å². The summed E-state index contributed by atoms with van der Waals surface area (Å²) in [6.07, 6.45) is -3.16. The van der Waals surface area contributed by atoms with Gasteiger partial charge in [0.2, 0.25) is 5.91 Å². The summed E-state index contributed by atoms with van der Waals surface area (Å²) in [5.41, 5.74) is 0. The third-order valence-electron chi connectivity index (χ3n) is 3.02. The van der Waals surface area contributed by atoms with Crippen LogP contribution in [0.1, 0.15) is 26.7 Å². The highest BCUT2D eigenvalue weighted by Gasteiger charge is 2.37. The summed E-state index contributed by atoms with van der Waals surface area (Å²) < 4.78 is 37.1. The quantitative estimate of drug-likeness (QED) is 0.827. The average Bonchev–Trinajstić information content (AvgIpc) is 2.61. The van der Waals surface area contributed by atoms with Crippen molar-refractivity contribution in [1.82, 2.24) is 10.2 Å². The molecular formula is C11H19F3N2O. The molecule has 0 saturated carbocycles. The molecule has 3 nitrogen and oxygen atoms in total. The molecule has 0 aliphatic carbocycles. The number of alkyl halides is 3. The molecular weight excluding hydrogens is 233 g/mol. The van der Waals surface area contributed by atoms with Gasteiger partial charge >= 0.3 is 6.18 Å². The monoisotopic (exact) mass is 252 g/mol. The second-order valence-corrected chi connectivity index (χ2v) is 4.51. The first kappa shape index (κ1) is 14.3. The Morgan fingerprint density at radius 2 is 2.12 bits per heavy atom. The van der Waals surface area contributed by atoms with Gasteiger partial charge in [0.25, 0.3) is 0 Å². The van der Waals surface area contributed by atoms with Crippen molar-refractivity contribution in [2.24, 2.45) is 5.92 Å². The Kier molecular flexibility index (Phi) is 4.80. The third kappa shape index (κ3) is 4.18. The predicted octanol–water partition coefficient (Wildman–Crippen LogP) is 1.79. The van der Waals surface area contributed by atoms with Crippen LogP contribution >= 0.6 is 0 Å². The maximum absolute atomic E-state index is 12.4. The van der Waals surface area contributed by atoms with Gasteiger partial charge in [0.15, 0.2) is 0 Å². The van der Waals surface area contributed by atoms with Crippen molar-refractivity contribution in [3.8, 4) is 0 Å². The lowest BCUT2D eigenvalue weighted by Gasteiger charge is -2.27. The second-order valence-electron chi connectivity index (χ2n) is 4.51. The van der Waals surface area contributed by atoms with E-state index in [1.54, 1.807) is 6.92 Å². The Morgan fingerprint density at radius 3 is 2.53 bits per heavy atom. The summed E-state index contributed by atoms with van der Waals surface area (Å²) in [5.74, 6) is -0.689. The second kappa shape index (κ2) is 5.71. The van der Waals surface area contributed by atoms with Gasteiger partial charge in [0.1, 0.15) is 6.54 Å². The van der Waals surface area contributed by atoms with E-state index in [0.29, 0.717) is 19.4 Å². The summed E-state index contributed by atoms with van der Waals surface area (Å²) in [6.45, 7) is 3.34. The van der Waals surface area contributed by atoms with Gasteiger partial charge < -0.3 is 10.2 Å². The van der Waals surface area contributed by atoms with E-state index in [4.69, 9.17) is 0 Å². The maximum Gasteiger partial charge on any atom is 0.406 e. The van der Waals surface area contributed by atoms with Gasteiger partial charge in [0.05, 0.1) is 5.92 Å². The molecule has 1 amide bonds. The molecule has 0 bridgehead atoms. The SMILES string of the molecule is CCCN(CC(F)(F)F)C(=O)C1CCNC1C. The van der Waals surface area contributed by atoms with Crippen molar-refractivity contribution >= 4 is 5.91 Å². The molecule has 1 N–H and O–H groups in total. The van der Waals surface area contributed by atoms with Gasteiger partial charge in [-0.05, 0) is 26.3 Å². The van der Waals surface area contributed by atoms with E-state index in [-0.39, 0.29) is 24.4 Å². The highest BCUT2D eigenvalue weighted by Crippen LogP contribution is 2.22. The van der Waals surface area contributed by atoms with Gasteiger partial charge in [0, 0.05) is 12.6 Å². The van der Waals surface area contributed by atoms with Crippen LogP contribution in [0.25, 0.3) is 0 Å². The Labute approximate surface area is 99.4 Å². The lowest BCUT2D eigenvalue weighted by Crippen LogP contribution is -2.45. The Balaban J connectivity index is 2.66. The van der Waals surface area contributed by atoms with Gasteiger partial charge in [-0.2, -0.15) is 13.2 Å². The summed E-state index contributed by atoms with van der Waals surface area (Å²) in [7, 11) is 0. The van der Waals surface area contributed by atoms with Crippen LogP contribution in [0, 0.1) is 5.92 Å². The van der Waals surface area contributed by atoms with E-state index in [1.807, 2.05) is 6.92 Å². The third-order valence-corrected chi connectivity index (χ3v) is 3.02. The number of hydrogen-bond acceptors (Lipinski definition) is 2. The van der Waals surface area contributed by atoms with E-state index in [1.165, 1.54) is 0 Å². The Bertz CT molecular complexity index is 268. The van der Waals surface area contributed by atoms with Crippen LogP contribution in [0.3, 0.4) is 0 Å². The zero-order chi connectivity index (χ0) is 13.1. The number of halogens is 3. The molecule has 0 radical (unpaired) electrons. The van der Waals surface area contributed by atoms with Gasteiger partial charge in [-0.3, -0.25) is 4.79 Å². The van der Waals surface area contributed by atoms with Crippen LogP contribution < -0.4 is 5.32 Å². The molecule has 1 rings (SSSR count). The fourth-order valence-corrected chi connectivity index (χ4v) is 2.18. The van der Waals surface area contributed by atoms with Crippen molar-refractivity contribution in [3.63, 3.8) is 0 Å². The van der Waals surface area contributed by atoms with Gasteiger partial charge in [-0.25, -0.2) is 0 Å². The highest BCUT2D eigenvalue weighted by atomic mass is 19.4. The minimum Gasteiger partial charge on any atom is -0.333 e. The van der Waals surface area contributed by atoms with Crippen LogP contribution in [0.5, 0.6) is 0 Å². The molecule has 1 aliphatic heterocycles. The molecule has 0 aromatic heterocycles. The smallest absolute Gasteiger partial charge is 0.333 e. The van der Waals surface area contributed by atoms with Crippen molar-refractivity contribution < 1.29 is 18.0 Å². The Morgan fingerprint density at radius 1 is 1.47 bits per heavy atom. The van der Waals surface area contributed by atoms with E-state index < -0.39 is 12.7 Å². The van der Waals surface area contributed by atoms with Gasteiger partial charge in [-0.1, -0.05) is 6.92 Å². The Hall–Kier alpha value is -0.780. The van der Waals surface area contributed by atoms with Crippen LogP contribution in [0.4, 0.5) is 13.2 Å². The summed E-state index contributed by atoms with van der Waals surface area (Å²) in [5, 5.41) is 3.08. The largest absolute Gasteiger partial charge is 0.406 e. The number of hydrogen-bond donors (Lipinski definition) is 1. The first-order chi connectivity index (χ1) is 7.85. The van der Waals surface area contributed by atoms with E-state index >= 15 is 0 Å². The van der Waals surface area contributed by atoms with E-state index in [0.717, 1.165) is 4.90 Å². The first-order valence-corrected chi connectivity index (χ1v) is 5.94. The summed E-state index contributed by atoms with van der Waals surface area (Å²) in [4.78, 5) is 12.9. The minimum atomic E-state index is -4.32. The number of carbonyl (C=O) groups is 1. The summed E-state index contributed by atoms with van der Waals surface area (Å²) >= 11 is 0. The standard InChI is InChI=1S/C11H19F3N2O/c1-3-6-16(7-11(12,13)14)10(17)9-4-5-15-8(9)2/h8-9,15H,3-7H2,1-2H3. The summed E-state index contributed by atoms with van der Waals surface area (Å²) in [6, 6.07) is -0.0323. The van der Waals surface area contributed by atoms with Crippen molar-refractivity contribution in [3.05, 3.63) is 0 Å². The number of nitrogens with zero attached hydrogens (tertiary/aromatic N) is 1. The molecule has 6 heteroatoms. The number of carbonyl (C=O) groups excluding carboxylic acids is 1. The molecule has 1 heterocycles. The number of nitrogens with one attached hydrogen (secondary N) is 1. The predicted molar refractivity (Wildman–Crippen MR) is 58.5 cm³/mol. The normalized spacial score (nSPS) is 25.0. The fraction of sp³-hybridized carbons (Fsp3) is 0.909. The molecule has 0 spiro atoms. The zero-order valence-corrected chi connectivity index (χ0v) is 10.2. The van der Waals surface area contributed by atoms with Crippen molar-refractivity contribution in [2.45, 2.75) is 38.9 Å². The molecule has 17 heavy (non-hydrogen) atoms. The topological polar surface area (TPSA) is 32.3 Å². The molecule has 1 aliphatic rings. The molecule has 1 saturated heterocycles. The fourth-order valence-electron chi connectivity index (χ4n) is 2.18. The van der Waals surface area contributed by atoms with E-state index in [9.17, 15) is 18.0 Å². The number of rotatable bonds is 4. The van der Waals surface area contributed by atoms with Crippen LogP contribution in [-0.2, 0) is 4.79 Å². The highest BCUT2D eigenvalue weighted by molar-refractivity contribution is 5.80. The molecule has 1 fully saturated rings. The van der Waals surface area contributed by atoms with Gasteiger partial charge in [-0.15, -0.1) is 0 Å². The van der Waals surface area contributed by atoms with Crippen LogP contribution in [-0.4, -0.2) is 42.7 Å². The minimum absolute atomic E-state index is 0.0323. The average molecular weight is 252 g/mol. The van der Waals surface area contributed by atoms with Crippen LogP contribution in [0.2, 0.25) is 0 Å². The maximum atomic E-state index is 12.4. The number of amides is 1. The van der Waals surface area contributed by atoms with E-state index in [2.05, 4.69) is 5.32 Å². The molecule has 0 aromatic rings. The zero-order valence-electron chi connectivity index (χ0n) is 10.2. The van der Waals surface area contributed by atoms with Crippen LogP contribution in [0.15, 0.2) is 0 Å².